The minimum absolute atomic E-state index is 0.135. The zero-order valence-corrected chi connectivity index (χ0v) is 17.1. The number of nitrogens with one attached hydrogen (secondary N) is 2. The SMILES string of the molecule is Cc1ccc(C(C)C)cc1Oc1ccc(C(=O)NNc2ccc3ccccc3n2)o1. The normalized spacial score (nSPS) is 10.9. The second-order valence-corrected chi connectivity index (χ2v) is 7.37. The molecule has 0 atom stereocenters. The van der Waals surface area contributed by atoms with Crippen molar-refractivity contribution in [3.05, 3.63) is 83.6 Å². The van der Waals surface area contributed by atoms with Gasteiger partial charge in [0.15, 0.2) is 5.76 Å². The van der Waals surface area contributed by atoms with Gasteiger partial charge in [0.25, 0.3) is 5.95 Å². The third-order valence-electron chi connectivity index (χ3n) is 4.80. The largest absolute Gasteiger partial charge is 0.426 e. The molecule has 0 saturated carbocycles. The quantitative estimate of drug-likeness (QED) is 0.399. The molecular weight excluding hydrogens is 378 g/mol. The number of amides is 1. The lowest BCUT2D eigenvalue weighted by atomic mass is 10.0. The van der Waals surface area contributed by atoms with Crippen molar-refractivity contribution in [1.29, 1.82) is 0 Å². The van der Waals surface area contributed by atoms with Crippen LogP contribution >= 0.6 is 0 Å². The predicted molar refractivity (Wildman–Crippen MR) is 117 cm³/mol. The molecule has 0 aliphatic carbocycles. The molecule has 2 aromatic heterocycles. The van der Waals surface area contributed by atoms with Gasteiger partial charge in [-0.05, 0) is 54.3 Å². The number of aryl methyl sites for hydroxylation is 1. The highest BCUT2D eigenvalue weighted by molar-refractivity contribution is 5.92. The van der Waals surface area contributed by atoms with E-state index in [1.807, 2.05) is 49.4 Å². The molecule has 0 spiro atoms. The fourth-order valence-corrected chi connectivity index (χ4v) is 3.01. The summed E-state index contributed by atoms with van der Waals surface area (Å²) in [5.74, 6) is 1.60. The summed E-state index contributed by atoms with van der Waals surface area (Å²) in [7, 11) is 0. The van der Waals surface area contributed by atoms with E-state index in [2.05, 4.69) is 35.7 Å². The first kappa shape index (κ1) is 19.5. The Kier molecular flexibility index (Phi) is 5.39. The fraction of sp³-hybridized carbons (Fsp3) is 0.167. The van der Waals surface area contributed by atoms with Crippen LogP contribution in [0.3, 0.4) is 0 Å². The van der Waals surface area contributed by atoms with Crippen LogP contribution in [0.5, 0.6) is 11.7 Å². The summed E-state index contributed by atoms with van der Waals surface area (Å²) in [5.41, 5.74) is 8.41. The summed E-state index contributed by atoms with van der Waals surface area (Å²) in [6.45, 7) is 6.22. The van der Waals surface area contributed by atoms with E-state index in [-0.39, 0.29) is 11.7 Å². The van der Waals surface area contributed by atoms with Gasteiger partial charge in [0, 0.05) is 11.5 Å². The minimum Gasteiger partial charge on any atom is -0.426 e. The number of rotatable bonds is 6. The Morgan fingerprint density at radius 1 is 1.03 bits per heavy atom. The first-order valence-electron chi connectivity index (χ1n) is 9.80. The summed E-state index contributed by atoms with van der Waals surface area (Å²) in [5, 5.41) is 1.03. The number of hydrogen-bond acceptors (Lipinski definition) is 5. The summed E-state index contributed by atoms with van der Waals surface area (Å²) in [6, 6.07) is 20.8. The van der Waals surface area contributed by atoms with Crippen LogP contribution in [-0.4, -0.2) is 10.9 Å². The van der Waals surface area contributed by atoms with E-state index in [1.165, 1.54) is 5.56 Å². The zero-order valence-electron chi connectivity index (χ0n) is 17.1. The molecule has 152 valence electrons. The number of para-hydroxylation sites is 1. The number of carbonyl (C=O) groups is 1. The fourth-order valence-electron chi connectivity index (χ4n) is 3.01. The lowest BCUT2D eigenvalue weighted by molar-refractivity contribution is 0.0930. The molecule has 2 N–H and O–H groups in total. The average Bonchev–Trinajstić information content (AvgIpc) is 3.22. The van der Waals surface area contributed by atoms with Crippen LogP contribution < -0.4 is 15.6 Å². The van der Waals surface area contributed by atoms with Crippen molar-refractivity contribution >= 4 is 22.6 Å². The number of aromatic nitrogens is 1. The highest BCUT2D eigenvalue weighted by Crippen LogP contribution is 2.29. The summed E-state index contributed by atoms with van der Waals surface area (Å²) < 4.78 is 11.4. The Labute approximate surface area is 174 Å². The summed E-state index contributed by atoms with van der Waals surface area (Å²) >= 11 is 0. The van der Waals surface area contributed by atoms with Crippen molar-refractivity contribution < 1.29 is 13.9 Å². The lowest BCUT2D eigenvalue weighted by Gasteiger charge is -2.11. The third-order valence-corrected chi connectivity index (χ3v) is 4.80. The minimum atomic E-state index is -0.424. The van der Waals surface area contributed by atoms with E-state index in [9.17, 15) is 4.79 Å². The van der Waals surface area contributed by atoms with Gasteiger partial charge in [0.1, 0.15) is 11.6 Å². The Hall–Kier alpha value is -3.80. The predicted octanol–water partition coefficient (Wildman–Crippen LogP) is 5.81. The molecule has 0 saturated heterocycles. The molecule has 4 rings (SSSR count). The maximum atomic E-state index is 12.4. The molecule has 1 amide bonds. The molecule has 6 heteroatoms. The Balaban J connectivity index is 1.42. The van der Waals surface area contributed by atoms with Crippen LogP contribution in [0.25, 0.3) is 10.9 Å². The van der Waals surface area contributed by atoms with Crippen molar-refractivity contribution in [2.45, 2.75) is 26.7 Å². The topological polar surface area (TPSA) is 76.4 Å². The first-order valence-corrected chi connectivity index (χ1v) is 9.80. The number of fused-ring (bicyclic) bond motifs is 1. The van der Waals surface area contributed by atoms with Crippen LogP contribution in [0, 0.1) is 6.92 Å². The number of benzene rings is 2. The Bertz CT molecular complexity index is 1200. The number of pyridine rings is 1. The van der Waals surface area contributed by atoms with Crippen LogP contribution in [0.4, 0.5) is 5.82 Å². The van der Waals surface area contributed by atoms with E-state index >= 15 is 0 Å². The number of hydrazine groups is 1. The maximum Gasteiger partial charge on any atom is 0.305 e. The molecule has 0 radical (unpaired) electrons. The number of ether oxygens (including phenoxy) is 1. The van der Waals surface area contributed by atoms with E-state index in [1.54, 1.807) is 18.2 Å². The zero-order chi connectivity index (χ0) is 21.1. The second-order valence-electron chi connectivity index (χ2n) is 7.37. The Morgan fingerprint density at radius 3 is 2.70 bits per heavy atom. The van der Waals surface area contributed by atoms with Gasteiger partial charge in [-0.2, -0.15) is 0 Å². The van der Waals surface area contributed by atoms with Gasteiger partial charge in [0.2, 0.25) is 0 Å². The van der Waals surface area contributed by atoms with Crippen molar-refractivity contribution in [3.63, 3.8) is 0 Å². The van der Waals surface area contributed by atoms with Crippen LogP contribution in [0.2, 0.25) is 0 Å². The summed E-state index contributed by atoms with van der Waals surface area (Å²) in [6.07, 6.45) is 0. The molecule has 2 heterocycles. The van der Waals surface area contributed by atoms with Gasteiger partial charge in [0.05, 0.1) is 5.52 Å². The van der Waals surface area contributed by atoms with E-state index in [0.717, 1.165) is 16.5 Å². The van der Waals surface area contributed by atoms with Crippen molar-refractivity contribution in [2.75, 3.05) is 5.43 Å². The van der Waals surface area contributed by atoms with Crippen molar-refractivity contribution in [1.82, 2.24) is 10.4 Å². The highest BCUT2D eigenvalue weighted by Gasteiger charge is 2.14. The number of furan rings is 1. The maximum absolute atomic E-state index is 12.4. The number of carbonyl (C=O) groups excluding carboxylic acids is 1. The van der Waals surface area contributed by atoms with Crippen molar-refractivity contribution in [3.8, 4) is 11.7 Å². The molecular formula is C24H23N3O3. The molecule has 2 aromatic carbocycles. The smallest absolute Gasteiger partial charge is 0.305 e. The van der Waals surface area contributed by atoms with Gasteiger partial charge >= 0.3 is 5.91 Å². The molecule has 0 fully saturated rings. The van der Waals surface area contributed by atoms with Gasteiger partial charge in [-0.3, -0.25) is 15.6 Å². The monoisotopic (exact) mass is 401 g/mol. The van der Waals surface area contributed by atoms with Crippen molar-refractivity contribution in [2.24, 2.45) is 0 Å². The molecule has 0 unspecified atom stereocenters. The van der Waals surface area contributed by atoms with E-state index < -0.39 is 5.91 Å². The van der Waals surface area contributed by atoms with Gasteiger partial charge < -0.3 is 9.15 Å². The first-order chi connectivity index (χ1) is 14.5. The molecule has 0 aliphatic rings. The van der Waals surface area contributed by atoms with E-state index in [4.69, 9.17) is 9.15 Å². The van der Waals surface area contributed by atoms with Crippen LogP contribution in [-0.2, 0) is 0 Å². The highest BCUT2D eigenvalue weighted by atomic mass is 16.6. The standard InChI is InChI=1S/C24H23N3O3/c1-15(2)18-9-8-16(3)21(14-18)30-23-13-11-20(29-23)24(28)27-26-22-12-10-17-6-4-5-7-19(17)25-22/h4-15H,1-3H3,(H,25,26)(H,27,28). The van der Waals surface area contributed by atoms with Crippen LogP contribution in [0.15, 0.2) is 71.1 Å². The van der Waals surface area contributed by atoms with Gasteiger partial charge in [-0.1, -0.05) is 44.2 Å². The van der Waals surface area contributed by atoms with Crippen LogP contribution in [0.1, 0.15) is 41.4 Å². The molecule has 6 nitrogen and oxygen atoms in total. The second kappa shape index (κ2) is 8.29. The third kappa shape index (κ3) is 4.27. The van der Waals surface area contributed by atoms with E-state index in [0.29, 0.717) is 17.5 Å². The summed E-state index contributed by atoms with van der Waals surface area (Å²) in [4.78, 5) is 16.9. The number of nitrogens with zero attached hydrogens (tertiary/aromatic N) is 1. The molecule has 30 heavy (non-hydrogen) atoms. The molecule has 4 aromatic rings. The Morgan fingerprint density at radius 2 is 1.87 bits per heavy atom. The molecule has 0 bridgehead atoms. The number of hydrogen-bond donors (Lipinski definition) is 2. The number of anilines is 1. The average molecular weight is 401 g/mol. The lowest BCUT2D eigenvalue weighted by Crippen LogP contribution is -2.29. The van der Waals surface area contributed by atoms with Gasteiger partial charge in [-0.25, -0.2) is 4.98 Å². The van der Waals surface area contributed by atoms with Gasteiger partial charge in [-0.15, -0.1) is 0 Å². The molecule has 0 aliphatic heterocycles.